The van der Waals surface area contributed by atoms with Crippen LogP contribution >= 0.6 is 11.3 Å². The van der Waals surface area contributed by atoms with E-state index in [0.717, 1.165) is 18.3 Å². The monoisotopic (exact) mass is 232 g/mol. The first-order valence-corrected chi connectivity index (χ1v) is 6.64. The van der Waals surface area contributed by atoms with Gasteiger partial charge in [-0.25, -0.2) is 0 Å². The fourth-order valence-electron chi connectivity index (χ4n) is 2.06. The van der Waals surface area contributed by atoms with Gasteiger partial charge in [-0.2, -0.15) is 0 Å². The Kier molecular flexibility index (Phi) is 2.58. The summed E-state index contributed by atoms with van der Waals surface area (Å²) in [6, 6.07) is 9.15. The van der Waals surface area contributed by atoms with Crippen molar-refractivity contribution >= 4 is 27.1 Å². The summed E-state index contributed by atoms with van der Waals surface area (Å²) >= 11 is 1.86. The van der Waals surface area contributed by atoms with Gasteiger partial charge >= 0.3 is 0 Å². The average Bonchev–Trinajstić information content (AvgIpc) is 2.57. The molecule has 1 fully saturated rings. The Hall–Kier alpha value is -1.06. The first-order valence-electron chi connectivity index (χ1n) is 5.82. The normalized spacial score (nSPS) is 16.5. The van der Waals surface area contributed by atoms with E-state index in [0.29, 0.717) is 0 Å². The molecule has 1 aliphatic rings. The van der Waals surface area contributed by atoms with Gasteiger partial charge in [-0.05, 0) is 42.5 Å². The zero-order chi connectivity index (χ0) is 11.0. The first-order chi connectivity index (χ1) is 7.81. The highest BCUT2D eigenvalue weighted by Crippen LogP contribution is 2.28. The number of nitrogens with two attached hydrogens (primary N) is 1. The van der Waals surface area contributed by atoms with Crippen molar-refractivity contribution in [3.63, 3.8) is 0 Å². The van der Waals surface area contributed by atoms with Crippen LogP contribution in [0.5, 0.6) is 0 Å². The summed E-state index contributed by atoms with van der Waals surface area (Å²) < 4.78 is 1.33. The molecule has 2 nitrogen and oxygen atoms in total. The fraction of sp³-hybridized carbons (Fsp3) is 0.385. The molecule has 0 spiro atoms. The Morgan fingerprint density at radius 3 is 2.94 bits per heavy atom. The Bertz CT molecular complexity index is 500. The van der Waals surface area contributed by atoms with Crippen LogP contribution in [-0.4, -0.2) is 6.04 Å². The van der Waals surface area contributed by atoms with Crippen molar-refractivity contribution in [2.45, 2.75) is 31.8 Å². The van der Waals surface area contributed by atoms with E-state index in [1.54, 1.807) is 0 Å². The van der Waals surface area contributed by atoms with E-state index in [2.05, 4.69) is 23.5 Å². The number of nitrogens with one attached hydrogen (secondary N) is 1. The van der Waals surface area contributed by atoms with Gasteiger partial charge in [-0.3, -0.25) is 0 Å². The van der Waals surface area contributed by atoms with Crippen LogP contribution in [0, 0.1) is 0 Å². The largest absolute Gasteiger partial charge is 0.399 e. The number of nitrogen functional groups attached to an aromatic ring is 1. The zero-order valence-corrected chi connectivity index (χ0v) is 10.0. The molecule has 16 heavy (non-hydrogen) atoms. The van der Waals surface area contributed by atoms with E-state index in [-0.39, 0.29) is 0 Å². The van der Waals surface area contributed by atoms with Crippen molar-refractivity contribution in [3.05, 3.63) is 29.1 Å². The van der Waals surface area contributed by atoms with E-state index in [1.165, 1.54) is 34.2 Å². The molecule has 3 N–H and O–H groups in total. The van der Waals surface area contributed by atoms with Gasteiger partial charge in [0.25, 0.3) is 0 Å². The molecule has 0 aliphatic heterocycles. The van der Waals surface area contributed by atoms with Gasteiger partial charge in [0.15, 0.2) is 0 Å². The van der Waals surface area contributed by atoms with Gasteiger partial charge in [0, 0.05) is 27.9 Å². The smallest absolute Gasteiger partial charge is 0.0347 e. The molecular weight excluding hydrogens is 216 g/mol. The number of hydrogen-bond donors (Lipinski definition) is 2. The lowest BCUT2D eigenvalue weighted by Gasteiger charge is -2.26. The zero-order valence-electron chi connectivity index (χ0n) is 9.20. The predicted octanol–water partition coefficient (Wildman–Crippen LogP) is 3.13. The molecule has 0 amide bonds. The molecule has 84 valence electrons. The number of thiophene rings is 1. The summed E-state index contributed by atoms with van der Waals surface area (Å²) in [7, 11) is 0. The van der Waals surface area contributed by atoms with Crippen LogP contribution in [0.25, 0.3) is 10.1 Å². The van der Waals surface area contributed by atoms with E-state index < -0.39 is 0 Å². The first kappa shape index (κ1) is 10.1. The average molecular weight is 232 g/mol. The third-order valence-electron chi connectivity index (χ3n) is 3.26. The molecule has 0 unspecified atom stereocenters. The summed E-state index contributed by atoms with van der Waals surface area (Å²) in [5, 5.41) is 4.86. The molecule has 0 saturated heterocycles. The molecule has 2 aromatic rings. The molecule has 1 aromatic carbocycles. The van der Waals surface area contributed by atoms with Crippen molar-refractivity contribution in [2.24, 2.45) is 0 Å². The molecule has 1 aromatic heterocycles. The lowest BCUT2D eigenvalue weighted by atomic mass is 9.93. The minimum absolute atomic E-state index is 0.760. The molecule has 0 radical (unpaired) electrons. The summed E-state index contributed by atoms with van der Waals surface area (Å²) in [6.07, 6.45) is 4.08. The van der Waals surface area contributed by atoms with Crippen molar-refractivity contribution < 1.29 is 0 Å². The molecule has 3 rings (SSSR count). The number of benzene rings is 1. The molecule has 3 heteroatoms. The minimum atomic E-state index is 0.760. The number of rotatable bonds is 3. The second-order valence-electron chi connectivity index (χ2n) is 4.52. The maximum atomic E-state index is 5.77. The molecule has 1 heterocycles. The van der Waals surface area contributed by atoms with E-state index in [9.17, 15) is 0 Å². The van der Waals surface area contributed by atoms with Crippen LogP contribution in [0.4, 0.5) is 5.69 Å². The molecule has 0 atom stereocenters. The summed E-state index contributed by atoms with van der Waals surface area (Å²) in [5.41, 5.74) is 6.63. The van der Waals surface area contributed by atoms with Crippen molar-refractivity contribution in [1.82, 2.24) is 5.32 Å². The number of anilines is 1. The SMILES string of the molecule is Nc1ccc2sc(CNC3CCC3)cc2c1. The van der Waals surface area contributed by atoms with Crippen LogP contribution in [0.3, 0.4) is 0 Å². The molecule has 1 aliphatic carbocycles. The fourth-order valence-corrected chi connectivity index (χ4v) is 3.06. The van der Waals surface area contributed by atoms with Gasteiger partial charge in [0.2, 0.25) is 0 Å². The Morgan fingerprint density at radius 2 is 2.19 bits per heavy atom. The van der Waals surface area contributed by atoms with Crippen LogP contribution in [-0.2, 0) is 6.54 Å². The second-order valence-corrected chi connectivity index (χ2v) is 5.69. The van der Waals surface area contributed by atoms with Crippen LogP contribution in [0.2, 0.25) is 0 Å². The van der Waals surface area contributed by atoms with Crippen LogP contribution in [0.1, 0.15) is 24.1 Å². The summed E-state index contributed by atoms with van der Waals surface area (Å²) in [5.74, 6) is 0. The van der Waals surface area contributed by atoms with E-state index >= 15 is 0 Å². The minimum Gasteiger partial charge on any atom is -0.399 e. The van der Waals surface area contributed by atoms with Crippen molar-refractivity contribution in [2.75, 3.05) is 5.73 Å². The molecular formula is C13H16N2S. The van der Waals surface area contributed by atoms with E-state index in [1.807, 2.05) is 17.4 Å². The van der Waals surface area contributed by atoms with Gasteiger partial charge < -0.3 is 11.1 Å². The third kappa shape index (κ3) is 1.93. The van der Waals surface area contributed by atoms with Crippen LogP contribution < -0.4 is 11.1 Å². The van der Waals surface area contributed by atoms with E-state index in [4.69, 9.17) is 5.73 Å². The molecule has 0 bridgehead atoms. The van der Waals surface area contributed by atoms with Gasteiger partial charge in [-0.15, -0.1) is 11.3 Å². The van der Waals surface area contributed by atoms with Crippen LogP contribution in [0.15, 0.2) is 24.3 Å². The Morgan fingerprint density at radius 1 is 1.31 bits per heavy atom. The van der Waals surface area contributed by atoms with Crippen molar-refractivity contribution in [3.8, 4) is 0 Å². The van der Waals surface area contributed by atoms with Crippen molar-refractivity contribution in [1.29, 1.82) is 0 Å². The Balaban J connectivity index is 1.76. The number of fused-ring (bicyclic) bond motifs is 1. The maximum Gasteiger partial charge on any atom is 0.0347 e. The highest BCUT2D eigenvalue weighted by Gasteiger charge is 2.16. The third-order valence-corrected chi connectivity index (χ3v) is 4.38. The second kappa shape index (κ2) is 4.07. The van der Waals surface area contributed by atoms with Gasteiger partial charge in [0.05, 0.1) is 0 Å². The maximum absolute atomic E-state index is 5.77. The lowest BCUT2D eigenvalue weighted by molar-refractivity contribution is 0.339. The summed E-state index contributed by atoms with van der Waals surface area (Å²) in [6.45, 7) is 1.00. The highest BCUT2D eigenvalue weighted by molar-refractivity contribution is 7.19. The quantitative estimate of drug-likeness (QED) is 0.798. The topological polar surface area (TPSA) is 38.0 Å². The highest BCUT2D eigenvalue weighted by atomic mass is 32.1. The molecule has 1 saturated carbocycles. The predicted molar refractivity (Wildman–Crippen MR) is 70.7 cm³/mol. The van der Waals surface area contributed by atoms with Gasteiger partial charge in [-0.1, -0.05) is 6.42 Å². The lowest BCUT2D eigenvalue weighted by Crippen LogP contribution is -2.34. The summed E-state index contributed by atoms with van der Waals surface area (Å²) in [4.78, 5) is 1.41. The Labute approximate surface area is 99.5 Å². The van der Waals surface area contributed by atoms with Gasteiger partial charge in [0.1, 0.15) is 0 Å². The number of hydrogen-bond acceptors (Lipinski definition) is 3. The standard InChI is InChI=1S/C13H16N2S/c14-10-4-5-13-9(6-10)7-12(16-13)8-15-11-2-1-3-11/h4-7,11,15H,1-3,8,14H2.